The predicted octanol–water partition coefficient (Wildman–Crippen LogP) is 14.4. The third-order valence-corrected chi connectivity index (χ3v) is 10.9. The lowest BCUT2D eigenvalue weighted by Crippen LogP contribution is -2.44. The first-order chi connectivity index (χ1) is 31.8. The van der Waals surface area contributed by atoms with Crippen molar-refractivity contribution in [1.82, 2.24) is 0 Å². The van der Waals surface area contributed by atoms with E-state index in [1.165, 1.54) is 38.5 Å². The molecule has 372 valence electrons. The van der Waals surface area contributed by atoms with E-state index in [0.717, 1.165) is 96.3 Å². The van der Waals surface area contributed by atoms with E-state index in [0.29, 0.717) is 32.1 Å². The molecule has 3 unspecified atom stereocenters. The van der Waals surface area contributed by atoms with Crippen LogP contribution < -0.4 is 0 Å². The Labute approximate surface area is 397 Å². The maximum atomic E-state index is 13.5. The standard InChI is InChI=1S/C56H94O9/c1-5-9-13-15-17-19-21-23-25-26-28-30-32-34-36-38-42-46-55(61)65-52(47-57)56(51(58)43-39-11-7-3)63-49-50(48-62-53(59)44-40-12-8-4)64-54(60)45-41-37-35-33-31-29-27-24-22-20-18-16-14-10-6-2/h17-20,23-25,27-28,30,34,36,50,52,56-57H,5-16,21-22,26,29,31-33,35,37-49H2,1-4H3. The second kappa shape index (κ2) is 48.4. The third-order valence-electron chi connectivity index (χ3n) is 10.9. The lowest BCUT2D eigenvalue weighted by molar-refractivity contribution is -0.175. The van der Waals surface area contributed by atoms with Crippen LogP contribution in [0.5, 0.6) is 0 Å². The van der Waals surface area contributed by atoms with Gasteiger partial charge in [-0.3, -0.25) is 19.2 Å². The number of ketones is 1. The number of unbranched alkanes of at least 4 members (excludes halogenated alkanes) is 16. The van der Waals surface area contributed by atoms with Crippen molar-refractivity contribution in [2.24, 2.45) is 0 Å². The molecule has 1 N–H and O–H groups in total. The molecule has 0 aliphatic rings. The molecular formula is C56H94O9. The molecule has 0 amide bonds. The number of hydrogen-bond donors (Lipinski definition) is 1. The highest BCUT2D eigenvalue weighted by atomic mass is 16.6. The molecule has 0 bridgehead atoms. The summed E-state index contributed by atoms with van der Waals surface area (Å²) < 4.78 is 23.0. The zero-order valence-electron chi connectivity index (χ0n) is 41.7. The highest BCUT2D eigenvalue weighted by molar-refractivity contribution is 5.84. The fourth-order valence-electron chi connectivity index (χ4n) is 6.88. The van der Waals surface area contributed by atoms with Gasteiger partial charge in [0.2, 0.25) is 0 Å². The summed E-state index contributed by atoms with van der Waals surface area (Å²) in [4.78, 5) is 51.9. The van der Waals surface area contributed by atoms with E-state index in [4.69, 9.17) is 18.9 Å². The van der Waals surface area contributed by atoms with Crippen LogP contribution in [0.15, 0.2) is 72.9 Å². The fraction of sp³-hybridized carbons (Fsp3) is 0.714. The van der Waals surface area contributed by atoms with Crippen molar-refractivity contribution in [3.63, 3.8) is 0 Å². The Morgan fingerprint density at radius 1 is 0.415 bits per heavy atom. The van der Waals surface area contributed by atoms with E-state index in [1.807, 2.05) is 13.0 Å². The van der Waals surface area contributed by atoms with Crippen molar-refractivity contribution in [3.05, 3.63) is 72.9 Å². The third kappa shape index (κ3) is 41.6. The number of allylic oxidation sites excluding steroid dienone is 12. The van der Waals surface area contributed by atoms with E-state index < -0.39 is 42.8 Å². The van der Waals surface area contributed by atoms with Gasteiger partial charge in [0.05, 0.1) is 13.2 Å². The number of hydrogen-bond acceptors (Lipinski definition) is 9. The Balaban J connectivity index is 5.11. The van der Waals surface area contributed by atoms with Crippen molar-refractivity contribution in [1.29, 1.82) is 0 Å². The summed E-state index contributed by atoms with van der Waals surface area (Å²) in [6.45, 7) is 7.43. The van der Waals surface area contributed by atoms with Crippen LogP contribution in [-0.4, -0.2) is 66.9 Å². The van der Waals surface area contributed by atoms with Gasteiger partial charge < -0.3 is 24.1 Å². The fourth-order valence-corrected chi connectivity index (χ4v) is 6.88. The average molecular weight is 911 g/mol. The molecule has 0 aliphatic carbocycles. The predicted molar refractivity (Wildman–Crippen MR) is 269 cm³/mol. The van der Waals surface area contributed by atoms with E-state index in [1.54, 1.807) is 0 Å². The molecule has 0 aromatic carbocycles. The second-order valence-electron chi connectivity index (χ2n) is 17.1. The molecule has 0 aromatic rings. The first-order valence-electron chi connectivity index (χ1n) is 26.0. The van der Waals surface area contributed by atoms with Gasteiger partial charge in [0.15, 0.2) is 24.1 Å². The number of rotatable bonds is 46. The van der Waals surface area contributed by atoms with Crippen LogP contribution in [0.2, 0.25) is 0 Å². The average Bonchev–Trinajstić information content (AvgIpc) is 3.30. The Hall–Kier alpha value is -3.56. The minimum Gasteiger partial charge on any atom is -0.462 e. The minimum atomic E-state index is -1.27. The van der Waals surface area contributed by atoms with Crippen LogP contribution in [0.3, 0.4) is 0 Å². The number of carbonyl (C=O) groups excluding carboxylic acids is 4. The number of Topliss-reactive ketones (excluding diaryl/α,β-unsaturated/α-hetero) is 1. The van der Waals surface area contributed by atoms with Crippen LogP contribution in [0, 0.1) is 0 Å². The van der Waals surface area contributed by atoms with E-state index in [-0.39, 0.29) is 44.7 Å². The summed E-state index contributed by atoms with van der Waals surface area (Å²) in [5.41, 5.74) is 0. The van der Waals surface area contributed by atoms with E-state index in [2.05, 4.69) is 87.6 Å². The van der Waals surface area contributed by atoms with Gasteiger partial charge in [-0.25, -0.2) is 0 Å². The Morgan fingerprint density at radius 3 is 1.32 bits per heavy atom. The number of aliphatic hydroxyl groups is 1. The highest BCUT2D eigenvalue weighted by Crippen LogP contribution is 2.16. The topological polar surface area (TPSA) is 125 Å². The monoisotopic (exact) mass is 911 g/mol. The highest BCUT2D eigenvalue weighted by Gasteiger charge is 2.33. The molecule has 9 nitrogen and oxygen atoms in total. The summed E-state index contributed by atoms with van der Waals surface area (Å²) in [6, 6.07) is 0. The molecule has 0 spiro atoms. The first-order valence-corrected chi connectivity index (χ1v) is 26.0. The van der Waals surface area contributed by atoms with Gasteiger partial charge in [0, 0.05) is 25.7 Å². The van der Waals surface area contributed by atoms with Crippen molar-refractivity contribution < 1.29 is 43.2 Å². The van der Waals surface area contributed by atoms with Crippen LogP contribution in [0.4, 0.5) is 0 Å². The van der Waals surface area contributed by atoms with Gasteiger partial charge in [-0.15, -0.1) is 0 Å². The lowest BCUT2D eigenvalue weighted by Gasteiger charge is -2.27. The van der Waals surface area contributed by atoms with Gasteiger partial charge >= 0.3 is 17.9 Å². The van der Waals surface area contributed by atoms with Gasteiger partial charge in [0.1, 0.15) is 6.61 Å². The molecule has 0 fully saturated rings. The summed E-state index contributed by atoms with van der Waals surface area (Å²) >= 11 is 0. The molecule has 0 saturated carbocycles. The normalized spacial score (nSPS) is 13.6. The van der Waals surface area contributed by atoms with Gasteiger partial charge in [-0.2, -0.15) is 0 Å². The molecule has 0 radical (unpaired) electrons. The maximum Gasteiger partial charge on any atom is 0.306 e. The zero-order valence-corrected chi connectivity index (χ0v) is 41.7. The smallest absolute Gasteiger partial charge is 0.306 e. The summed E-state index contributed by atoms with van der Waals surface area (Å²) in [6.07, 6.45) is 49.2. The Bertz CT molecular complexity index is 1330. The van der Waals surface area contributed by atoms with Gasteiger partial charge in [0.25, 0.3) is 0 Å². The lowest BCUT2D eigenvalue weighted by atomic mass is 10.0. The summed E-state index contributed by atoms with van der Waals surface area (Å²) in [5, 5.41) is 10.3. The largest absolute Gasteiger partial charge is 0.462 e. The first kappa shape index (κ1) is 61.4. The number of carbonyl (C=O) groups is 4. The van der Waals surface area contributed by atoms with E-state index in [9.17, 15) is 24.3 Å². The van der Waals surface area contributed by atoms with E-state index >= 15 is 0 Å². The summed E-state index contributed by atoms with van der Waals surface area (Å²) in [5.74, 6) is -1.67. The second-order valence-corrected chi connectivity index (χ2v) is 17.1. The molecule has 65 heavy (non-hydrogen) atoms. The van der Waals surface area contributed by atoms with Crippen molar-refractivity contribution >= 4 is 23.7 Å². The van der Waals surface area contributed by atoms with Gasteiger partial charge in [-0.05, 0) is 96.3 Å². The van der Waals surface area contributed by atoms with Crippen LogP contribution in [-0.2, 0) is 38.1 Å². The minimum absolute atomic E-state index is 0.119. The molecule has 0 saturated heterocycles. The zero-order chi connectivity index (χ0) is 47.7. The van der Waals surface area contributed by atoms with Crippen LogP contribution >= 0.6 is 0 Å². The molecule has 3 atom stereocenters. The molecule has 9 heteroatoms. The van der Waals surface area contributed by atoms with Crippen molar-refractivity contribution in [2.45, 2.75) is 239 Å². The quantitative estimate of drug-likeness (QED) is 0.0275. The molecule has 0 rings (SSSR count). The Morgan fingerprint density at radius 2 is 0.800 bits per heavy atom. The molecule has 0 aliphatic heterocycles. The number of aliphatic hydroxyl groups excluding tert-OH is 1. The molecule has 0 heterocycles. The van der Waals surface area contributed by atoms with Crippen molar-refractivity contribution in [3.8, 4) is 0 Å². The van der Waals surface area contributed by atoms with Crippen molar-refractivity contribution in [2.75, 3.05) is 19.8 Å². The molecule has 0 aromatic heterocycles. The Kier molecular flexibility index (Phi) is 45.7. The van der Waals surface area contributed by atoms with Gasteiger partial charge in [-0.1, -0.05) is 171 Å². The summed E-state index contributed by atoms with van der Waals surface area (Å²) in [7, 11) is 0. The molecular weight excluding hydrogens is 817 g/mol. The van der Waals surface area contributed by atoms with Crippen LogP contribution in [0.25, 0.3) is 0 Å². The number of ether oxygens (including phenoxy) is 4. The SMILES string of the molecule is CCCCCC=CCC=CCC=CCC=CCCCC(=O)OC(CO)C(OCC(COC(=O)CCCCC)OC(=O)CCCCCCCC=CCC=CCCCCC)C(=O)CCCCC. The maximum absolute atomic E-state index is 13.5. The number of esters is 3. The van der Waals surface area contributed by atoms with Crippen LogP contribution in [0.1, 0.15) is 220 Å².